The monoisotopic (exact) mass is 341 g/mol. The molecule has 1 atom stereocenters. The van der Waals surface area contributed by atoms with Crippen LogP contribution in [0.2, 0.25) is 0 Å². The summed E-state index contributed by atoms with van der Waals surface area (Å²) in [5.41, 5.74) is 4.57. The lowest BCUT2D eigenvalue weighted by Gasteiger charge is -2.17. The number of rotatable bonds is 4. The SMILES string of the molecule is Cc1ccc(C(=O)NC(c2ccccc2)c2nc3ccccc3[nH]2)cc1. The highest BCUT2D eigenvalue weighted by Gasteiger charge is 2.21. The maximum atomic E-state index is 12.8. The molecular weight excluding hydrogens is 322 g/mol. The molecule has 0 radical (unpaired) electrons. The van der Waals surface area contributed by atoms with Crippen molar-refractivity contribution in [3.8, 4) is 0 Å². The molecule has 0 fully saturated rings. The number of amides is 1. The molecule has 0 spiro atoms. The van der Waals surface area contributed by atoms with Crippen molar-refractivity contribution in [1.29, 1.82) is 0 Å². The molecule has 3 aromatic carbocycles. The number of aromatic amines is 1. The van der Waals surface area contributed by atoms with Crippen molar-refractivity contribution in [3.63, 3.8) is 0 Å². The van der Waals surface area contributed by atoms with E-state index in [1.807, 2.05) is 85.8 Å². The number of hydrogen-bond donors (Lipinski definition) is 2. The summed E-state index contributed by atoms with van der Waals surface area (Å²) >= 11 is 0. The number of hydrogen-bond acceptors (Lipinski definition) is 2. The Morgan fingerprint density at radius 2 is 1.62 bits per heavy atom. The molecule has 2 N–H and O–H groups in total. The average molecular weight is 341 g/mol. The van der Waals surface area contributed by atoms with Gasteiger partial charge in [0.05, 0.1) is 11.0 Å². The van der Waals surface area contributed by atoms with Gasteiger partial charge in [-0.25, -0.2) is 4.98 Å². The maximum absolute atomic E-state index is 12.8. The van der Waals surface area contributed by atoms with Crippen LogP contribution in [0.5, 0.6) is 0 Å². The van der Waals surface area contributed by atoms with Gasteiger partial charge in [-0.1, -0.05) is 60.2 Å². The van der Waals surface area contributed by atoms with Crippen molar-refractivity contribution < 1.29 is 4.79 Å². The van der Waals surface area contributed by atoms with Crippen molar-refractivity contribution in [2.75, 3.05) is 0 Å². The first-order valence-electron chi connectivity index (χ1n) is 8.58. The Morgan fingerprint density at radius 1 is 0.923 bits per heavy atom. The third-order valence-electron chi connectivity index (χ3n) is 4.40. The minimum atomic E-state index is -0.350. The molecule has 1 heterocycles. The summed E-state index contributed by atoms with van der Waals surface area (Å²) in [6.45, 7) is 2.00. The van der Waals surface area contributed by atoms with Crippen molar-refractivity contribution in [1.82, 2.24) is 15.3 Å². The van der Waals surface area contributed by atoms with E-state index in [9.17, 15) is 4.79 Å². The standard InChI is InChI=1S/C22H19N3O/c1-15-11-13-17(14-12-15)22(26)25-20(16-7-3-2-4-8-16)21-23-18-9-5-6-10-19(18)24-21/h2-14,20H,1H3,(H,23,24)(H,25,26). The highest BCUT2D eigenvalue weighted by atomic mass is 16.1. The topological polar surface area (TPSA) is 57.8 Å². The lowest BCUT2D eigenvalue weighted by molar-refractivity contribution is 0.0941. The molecule has 0 aliphatic carbocycles. The first-order chi connectivity index (χ1) is 12.7. The van der Waals surface area contributed by atoms with Crippen LogP contribution in [0, 0.1) is 6.92 Å². The minimum Gasteiger partial charge on any atom is -0.340 e. The maximum Gasteiger partial charge on any atom is 0.252 e. The summed E-state index contributed by atoms with van der Waals surface area (Å²) in [5.74, 6) is 0.595. The van der Waals surface area contributed by atoms with Crippen LogP contribution in [0.15, 0.2) is 78.9 Å². The lowest BCUT2D eigenvalue weighted by atomic mass is 10.1. The number of imidazole rings is 1. The van der Waals surface area contributed by atoms with Gasteiger partial charge in [0.15, 0.2) is 0 Å². The summed E-state index contributed by atoms with van der Waals surface area (Å²) < 4.78 is 0. The van der Waals surface area contributed by atoms with Crippen LogP contribution in [0.4, 0.5) is 0 Å². The fourth-order valence-electron chi connectivity index (χ4n) is 2.98. The number of carbonyl (C=O) groups is 1. The first-order valence-corrected chi connectivity index (χ1v) is 8.58. The third kappa shape index (κ3) is 3.22. The van der Waals surface area contributed by atoms with Crippen LogP contribution in [-0.2, 0) is 0 Å². The van der Waals surface area contributed by atoms with Gasteiger partial charge < -0.3 is 10.3 Å². The fourth-order valence-corrected chi connectivity index (χ4v) is 2.98. The fraction of sp³-hybridized carbons (Fsp3) is 0.0909. The molecule has 4 rings (SSSR count). The molecule has 0 saturated carbocycles. The van der Waals surface area contributed by atoms with Crippen LogP contribution in [0.3, 0.4) is 0 Å². The van der Waals surface area contributed by atoms with E-state index in [4.69, 9.17) is 0 Å². The van der Waals surface area contributed by atoms with Crippen LogP contribution in [-0.4, -0.2) is 15.9 Å². The zero-order valence-electron chi connectivity index (χ0n) is 14.4. The average Bonchev–Trinajstić information content (AvgIpc) is 3.11. The van der Waals surface area contributed by atoms with E-state index in [2.05, 4.69) is 15.3 Å². The molecule has 1 aromatic heterocycles. The third-order valence-corrected chi connectivity index (χ3v) is 4.40. The van der Waals surface area contributed by atoms with E-state index in [1.54, 1.807) is 0 Å². The second kappa shape index (κ2) is 6.84. The summed E-state index contributed by atoms with van der Waals surface area (Å²) in [7, 11) is 0. The number of fused-ring (bicyclic) bond motifs is 1. The van der Waals surface area contributed by atoms with Crippen molar-refractivity contribution >= 4 is 16.9 Å². The molecule has 4 nitrogen and oxygen atoms in total. The largest absolute Gasteiger partial charge is 0.340 e. The van der Waals surface area contributed by atoms with Crippen LogP contribution >= 0.6 is 0 Å². The van der Waals surface area contributed by atoms with E-state index >= 15 is 0 Å². The van der Waals surface area contributed by atoms with Gasteiger partial charge >= 0.3 is 0 Å². The summed E-state index contributed by atoms with van der Waals surface area (Å²) in [5, 5.41) is 3.11. The Bertz CT molecular complexity index is 1000. The molecule has 128 valence electrons. The molecule has 0 bridgehead atoms. The Kier molecular flexibility index (Phi) is 4.23. The Morgan fingerprint density at radius 3 is 2.35 bits per heavy atom. The first kappa shape index (κ1) is 16.1. The van der Waals surface area contributed by atoms with Gasteiger partial charge in [-0.05, 0) is 36.8 Å². The number of aromatic nitrogens is 2. The number of H-pyrrole nitrogens is 1. The molecule has 0 saturated heterocycles. The van der Waals surface area contributed by atoms with Gasteiger partial charge in [0, 0.05) is 5.56 Å². The quantitative estimate of drug-likeness (QED) is 0.578. The predicted molar refractivity (Wildman–Crippen MR) is 103 cm³/mol. The van der Waals surface area contributed by atoms with Crippen LogP contribution in [0.1, 0.15) is 33.4 Å². The molecule has 0 aliphatic rings. The number of benzene rings is 3. The van der Waals surface area contributed by atoms with Crippen molar-refractivity contribution in [3.05, 3.63) is 101 Å². The van der Waals surface area contributed by atoms with Crippen molar-refractivity contribution in [2.45, 2.75) is 13.0 Å². The zero-order chi connectivity index (χ0) is 17.9. The molecule has 0 aliphatic heterocycles. The Hall–Kier alpha value is -3.40. The van der Waals surface area contributed by atoms with Crippen LogP contribution in [0.25, 0.3) is 11.0 Å². The zero-order valence-corrected chi connectivity index (χ0v) is 14.4. The summed E-state index contributed by atoms with van der Waals surface area (Å²) in [6, 6.07) is 24.9. The molecular formula is C22H19N3O. The van der Waals surface area contributed by atoms with E-state index < -0.39 is 0 Å². The highest BCUT2D eigenvalue weighted by Crippen LogP contribution is 2.23. The second-order valence-electron chi connectivity index (χ2n) is 6.32. The molecule has 4 heteroatoms. The van der Waals surface area contributed by atoms with Gasteiger partial charge in [0.25, 0.3) is 5.91 Å². The second-order valence-corrected chi connectivity index (χ2v) is 6.32. The number of carbonyl (C=O) groups excluding carboxylic acids is 1. The van der Waals surface area contributed by atoms with E-state index in [0.29, 0.717) is 5.56 Å². The number of para-hydroxylation sites is 2. The minimum absolute atomic E-state index is 0.126. The molecule has 1 amide bonds. The number of nitrogens with zero attached hydrogens (tertiary/aromatic N) is 1. The summed E-state index contributed by atoms with van der Waals surface area (Å²) in [6.07, 6.45) is 0. The number of nitrogens with one attached hydrogen (secondary N) is 2. The van der Waals surface area contributed by atoms with E-state index in [-0.39, 0.29) is 11.9 Å². The molecule has 1 unspecified atom stereocenters. The van der Waals surface area contributed by atoms with Gasteiger partial charge in [-0.2, -0.15) is 0 Å². The Labute approximate surface area is 151 Å². The Balaban J connectivity index is 1.71. The van der Waals surface area contributed by atoms with E-state index in [0.717, 1.165) is 28.0 Å². The smallest absolute Gasteiger partial charge is 0.252 e. The van der Waals surface area contributed by atoms with Gasteiger partial charge in [0.1, 0.15) is 11.9 Å². The summed E-state index contributed by atoms with van der Waals surface area (Å²) in [4.78, 5) is 20.8. The predicted octanol–water partition coefficient (Wildman–Crippen LogP) is 4.39. The van der Waals surface area contributed by atoms with Crippen molar-refractivity contribution in [2.24, 2.45) is 0 Å². The normalized spacial score (nSPS) is 12.0. The highest BCUT2D eigenvalue weighted by molar-refractivity contribution is 5.94. The molecule has 26 heavy (non-hydrogen) atoms. The van der Waals surface area contributed by atoms with Crippen LogP contribution < -0.4 is 5.32 Å². The van der Waals surface area contributed by atoms with Gasteiger partial charge in [-0.3, -0.25) is 4.79 Å². The van der Waals surface area contributed by atoms with E-state index in [1.165, 1.54) is 0 Å². The molecule has 4 aromatic rings. The van der Waals surface area contributed by atoms with Gasteiger partial charge in [-0.15, -0.1) is 0 Å². The lowest BCUT2D eigenvalue weighted by Crippen LogP contribution is -2.30. The number of aryl methyl sites for hydroxylation is 1. The van der Waals surface area contributed by atoms with Gasteiger partial charge in [0.2, 0.25) is 0 Å².